The summed E-state index contributed by atoms with van der Waals surface area (Å²) in [5, 5.41) is 0. The molecule has 0 amide bonds. The number of aryl methyl sites for hydroxylation is 1. The molecule has 3 aromatic rings. The van der Waals surface area contributed by atoms with E-state index in [2.05, 4.69) is 61.8 Å². The molecule has 0 spiro atoms. The van der Waals surface area contributed by atoms with E-state index in [1.165, 1.54) is 94.2 Å². The molecule has 0 heterocycles. The number of unbranched alkanes of at least 4 members (excludes halogenated alkanes) is 4. The van der Waals surface area contributed by atoms with Gasteiger partial charge in [-0.3, -0.25) is 0 Å². The lowest BCUT2D eigenvalue weighted by Gasteiger charge is -2.26. The summed E-state index contributed by atoms with van der Waals surface area (Å²) in [5.41, 5.74) is 4.48. The zero-order valence-electron chi connectivity index (χ0n) is 28.2. The van der Waals surface area contributed by atoms with Crippen molar-refractivity contribution in [3.8, 4) is 29.4 Å². The lowest BCUT2D eigenvalue weighted by Crippen LogP contribution is -2.13. The molecule has 3 aromatic carbocycles. The summed E-state index contributed by atoms with van der Waals surface area (Å²) >= 11 is 0. The van der Waals surface area contributed by atoms with Gasteiger partial charge in [-0.1, -0.05) is 99.0 Å². The summed E-state index contributed by atoms with van der Waals surface area (Å²) < 4.78 is 31.2. The lowest BCUT2D eigenvalue weighted by atomic mass is 9.79. The van der Waals surface area contributed by atoms with Crippen molar-refractivity contribution < 1.29 is 13.5 Å². The van der Waals surface area contributed by atoms with Gasteiger partial charge in [-0.25, -0.2) is 8.78 Å². The first-order valence-electron chi connectivity index (χ1n) is 17.6. The average Bonchev–Trinajstić information content (AvgIpc) is 3.09. The van der Waals surface area contributed by atoms with Crippen molar-refractivity contribution >= 4 is 0 Å². The minimum absolute atomic E-state index is 0.416. The highest BCUT2D eigenvalue weighted by atomic mass is 19.2. The van der Waals surface area contributed by atoms with Crippen LogP contribution < -0.4 is 4.74 Å². The van der Waals surface area contributed by atoms with Crippen LogP contribution in [0.4, 0.5) is 8.78 Å². The number of hydrogen-bond acceptors (Lipinski definition) is 1. The third kappa shape index (κ3) is 12.0. The number of hydrogen-bond donors (Lipinski definition) is 0. The summed E-state index contributed by atoms with van der Waals surface area (Å²) in [4.78, 5) is 0. The fraction of sp³-hybridized carbons (Fsp3) is 0.488. The van der Waals surface area contributed by atoms with E-state index in [0.717, 1.165) is 42.1 Å². The van der Waals surface area contributed by atoms with Gasteiger partial charge in [0.25, 0.3) is 0 Å². The molecule has 46 heavy (non-hydrogen) atoms. The molecular formula is C43H52F2O. The van der Waals surface area contributed by atoms with Gasteiger partial charge in [0, 0.05) is 23.0 Å². The first kappa shape index (κ1) is 35.3. The fourth-order valence-corrected chi connectivity index (χ4v) is 6.66. The molecule has 0 unspecified atom stereocenters. The third-order valence-corrected chi connectivity index (χ3v) is 9.69. The van der Waals surface area contributed by atoms with Crippen LogP contribution in [0.5, 0.6) is 5.75 Å². The summed E-state index contributed by atoms with van der Waals surface area (Å²) in [7, 11) is 1.69. The van der Waals surface area contributed by atoms with Gasteiger partial charge in [-0.05, 0) is 118 Å². The summed E-state index contributed by atoms with van der Waals surface area (Å²) in [5.74, 6) is 14.8. The maximum absolute atomic E-state index is 13.1. The van der Waals surface area contributed by atoms with E-state index >= 15 is 0 Å². The van der Waals surface area contributed by atoms with Crippen LogP contribution in [0, 0.1) is 60.0 Å². The average molecular weight is 623 g/mol. The van der Waals surface area contributed by atoms with E-state index in [1.807, 2.05) is 24.3 Å². The third-order valence-electron chi connectivity index (χ3n) is 9.69. The fourth-order valence-electron chi connectivity index (χ4n) is 6.66. The first-order valence-corrected chi connectivity index (χ1v) is 17.6. The van der Waals surface area contributed by atoms with Crippen LogP contribution in [-0.4, -0.2) is 7.11 Å². The molecule has 2 aliphatic carbocycles. The molecule has 2 fully saturated rings. The van der Waals surface area contributed by atoms with E-state index in [1.54, 1.807) is 13.2 Å². The highest BCUT2D eigenvalue weighted by molar-refractivity contribution is 5.39. The first-order chi connectivity index (χ1) is 22.4. The molecule has 0 saturated heterocycles. The zero-order chi connectivity index (χ0) is 32.6. The molecule has 0 atom stereocenters. The van der Waals surface area contributed by atoms with Crippen molar-refractivity contribution in [2.75, 3.05) is 7.11 Å². The Labute approximate surface area is 277 Å². The van der Waals surface area contributed by atoms with Gasteiger partial charge in [0.15, 0.2) is 11.6 Å². The topological polar surface area (TPSA) is 9.23 Å². The van der Waals surface area contributed by atoms with Crippen LogP contribution in [0.1, 0.15) is 125 Å². The molecule has 0 bridgehead atoms. The van der Waals surface area contributed by atoms with Crippen molar-refractivity contribution in [1.82, 2.24) is 0 Å². The molecule has 0 aliphatic heterocycles. The summed E-state index contributed by atoms with van der Waals surface area (Å²) in [6, 6.07) is 20.9. The molecule has 0 N–H and O–H groups in total. The Morgan fingerprint density at radius 2 is 1.24 bits per heavy atom. The Morgan fingerprint density at radius 3 is 1.85 bits per heavy atom. The van der Waals surface area contributed by atoms with Gasteiger partial charge in [-0.2, -0.15) is 0 Å². The minimum Gasteiger partial charge on any atom is -0.497 e. The summed E-state index contributed by atoms with van der Waals surface area (Å²) in [6.07, 6.45) is 17.9. The van der Waals surface area contributed by atoms with E-state index in [4.69, 9.17) is 4.74 Å². The van der Waals surface area contributed by atoms with E-state index in [0.29, 0.717) is 17.4 Å². The predicted octanol–water partition coefficient (Wildman–Crippen LogP) is 11.8. The lowest BCUT2D eigenvalue weighted by molar-refractivity contribution is 0.294. The normalized spacial score (nSPS) is 20.6. The van der Waals surface area contributed by atoms with Gasteiger partial charge < -0.3 is 4.74 Å². The second-order valence-corrected chi connectivity index (χ2v) is 13.3. The van der Waals surface area contributed by atoms with Gasteiger partial charge in [0.2, 0.25) is 0 Å². The van der Waals surface area contributed by atoms with Gasteiger partial charge in [0.05, 0.1) is 7.11 Å². The van der Waals surface area contributed by atoms with Crippen molar-refractivity contribution in [3.05, 3.63) is 101 Å². The Bertz CT molecular complexity index is 1440. The molecule has 244 valence electrons. The SMILES string of the molecule is CCCCCCCC1CCC(C#Cc2ccc(F)c(F)c2)CC1.COc1ccc(C#CC2CCC(c3ccc(C)cc3)CC2)cc1. The second kappa shape index (κ2) is 19.2. The molecule has 0 radical (unpaired) electrons. The second-order valence-electron chi connectivity index (χ2n) is 13.3. The van der Waals surface area contributed by atoms with Crippen molar-refractivity contribution in [2.24, 2.45) is 17.8 Å². The number of methoxy groups -OCH3 is 1. The van der Waals surface area contributed by atoms with E-state index in [-0.39, 0.29) is 0 Å². The molecular weight excluding hydrogens is 570 g/mol. The van der Waals surface area contributed by atoms with Crippen LogP contribution in [0.2, 0.25) is 0 Å². The van der Waals surface area contributed by atoms with E-state index in [9.17, 15) is 8.78 Å². The quantitative estimate of drug-likeness (QED) is 0.179. The maximum atomic E-state index is 13.1. The van der Waals surface area contributed by atoms with Crippen LogP contribution in [0.15, 0.2) is 66.7 Å². The van der Waals surface area contributed by atoms with E-state index < -0.39 is 11.6 Å². The van der Waals surface area contributed by atoms with Crippen LogP contribution >= 0.6 is 0 Å². The number of halogens is 2. The Balaban J connectivity index is 0.000000209. The highest BCUT2D eigenvalue weighted by Crippen LogP contribution is 2.36. The van der Waals surface area contributed by atoms with Crippen molar-refractivity contribution in [1.29, 1.82) is 0 Å². The Hall–Kier alpha value is -3.56. The Morgan fingerprint density at radius 1 is 0.652 bits per heavy atom. The minimum atomic E-state index is -0.816. The largest absolute Gasteiger partial charge is 0.497 e. The van der Waals surface area contributed by atoms with Crippen LogP contribution in [-0.2, 0) is 0 Å². The standard InChI is InChI=1S/C22H24O.C21H28F2/c1-17-3-11-20(12-4-17)21-13-7-18(8-14-21)5-6-19-9-15-22(23-2)16-10-19;1-2-3-4-5-6-7-17-8-10-18(11-9-17)12-13-19-14-15-20(22)21(23)16-19/h3-4,9-12,15-16,18,21H,7-8,13-14H2,1-2H3;14-18H,2-11H2,1H3. The highest BCUT2D eigenvalue weighted by Gasteiger charge is 2.21. The molecule has 3 heteroatoms. The monoisotopic (exact) mass is 622 g/mol. The molecule has 0 aromatic heterocycles. The molecule has 2 aliphatic rings. The summed E-state index contributed by atoms with van der Waals surface area (Å²) in [6.45, 7) is 4.40. The van der Waals surface area contributed by atoms with Crippen LogP contribution in [0.25, 0.3) is 0 Å². The zero-order valence-corrected chi connectivity index (χ0v) is 28.2. The molecule has 2 saturated carbocycles. The van der Waals surface area contributed by atoms with Crippen LogP contribution in [0.3, 0.4) is 0 Å². The smallest absolute Gasteiger partial charge is 0.160 e. The van der Waals surface area contributed by atoms with Gasteiger partial charge in [-0.15, -0.1) is 0 Å². The van der Waals surface area contributed by atoms with Crippen molar-refractivity contribution in [3.63, 3.8) is 0 Å². The Kier molecular flexibility index (Phi) is 14.7. The molecule has 1 nitrogen and oxygen atoms in total. The predicted molar refractivity (Wildman–Crippen MR) is 188 cm³/mol. The number of ether oxygens (including phenoxy) is 1. The maximum Gasteiger partial charge on any atom is 0.160 e. The number of benzene rings is 3. The van der Waals surface area contributed by atoms with Gasteiger partial charge >= 0.3 is 0 Å². The molecule has 5 rings (SSSR count). The van der Waals surface area contributed by atoms with Gasteiger partial charge in [0.1, 0.15) is 5.75 Å². The van der Waals surface area contributed by atoms with Crippen molar-refractivity contribution in [2.45, 2.75) is 110 Å². The number of rotatable bonds is 8.